The first kappa shape index (κ1) is 61.6. The predicted molar refractivity (Wildman–Crippen MR) is 333 cm³/mol. The molecule has 4 amide bonds. The number of rotatable bonds is 8. The molecular weight excluding hydrogens is 1170 g/mol. The quantitative estimate of drug-likeness (QED) is 0.0830. The molecule has 454 valence electrons. The number of benzene rings is 4. The Morgan fingerprint density at radius 2 is 0.965 bits per heavy atom. The number of aliphatic hydroxyl groups is 1. The molecule has 13 rings (SSSR count). The van der Waals surface area contributed by atoms with Crippen molar-refractivity contribution in [2.24, 2.45) is 11.7 Å². The van der Waals surface area contributed by atoms with E-state index >= 15 is 0 Å². The van der Waals surface area contributed by atoms with Crippen LogP contribution < -0.4 is 10.6 Å². The first-order chi connectivity index (χ1) is 40.9. The van der Waals surface area contributed by atoms with Crippen LogP contribution in [0.15, 0.2) is 73.3 Å². The van der Waals surface area contributed by atoms with Gasteiger partial charge in [-0.1, -0.05) is 48.7 Å². The van der Waals surface area contributed by atoms with Crippen molar-refractivity contribution in [2.45, 2.75) is 88.9 Å². The molecule has 21 nitrogen and oxygen atoms in total. The van der Waals surface area contributed by atoms with Crippen LogP contribution in [0.2, 0.25) is 15.1 Å². The van der Waals surface area contributed by atoms with Crippen molar-refractivity contribution < 1.29 is 32.6 Å². The Morgan fingerprint density at radius 1 is 0.565 bits per heavy atom. The Labute approximate surface area is 509 Å². The topological polar surface area (TPSA) is 272 Å². The average molecular weight is 1240 g/mol. The number of aromatic nitrogens is 8. The first-order valence-corrected chi connectivity index (χ1v) is 32.2. The van der Waals surface area contributed by atoms with Crippen LogP contribution in [0, 0.1) is 5.92 Å². The fourth-order valence-electron chi connectivity index (χ4n) is 12.7. The molecule has 4 aromatic carbocycles. The number of hydrogen-bond acceptors (Lipinski definition) is 12. The largest absolute Gasteiger partial charge is 0.387 e. The SMILES string of the molecule is CC(C)C(=O)N1CCC(c2cc(Cl)cc3[nH]ncc23)CC1.CS(=O)(=O)N1CCN(c2cc(C3CCOCC3)cc3[nH]ncc23)CC1.NC(=O)N1CCC(c2cc(Cl)cc3[nH]ncc23)CC1.O=C(CO)N1CCC(c2cc(Cl)cc3[nH]ncc23)CC1. The van der Waals surface area contributed by atoms with Crippen molar-refractivity contribution in [1.29, 1.82) is 0 Å². The normalized spacial score (nSPS) is 18.1. The molecule has 5 aliphatic rings. The van der Waals surface area contributed by atoms with Gasteiger partial charge < -0.3 is 35.2 Å². The number of hydrogen-bond donors (Lipinski definition) is 6. The zero-order valence-corrected chi connectivity index (χ0v) is 51.3. The van der Waals surface area contributed by atoms with Crippen LogP contribution in [0.5, 0.6) is 0 Å². The minimum Gasteiger partial charge on any atom is -0.387 e. The Hall–Kier alpha value is -6.53. The lowest BCUT2D eigenvalue weighted by molar-refractivity contribution is -0.136. The molecular formula is C60H75Cl3N14O7S. The molecule has 8 aromatic rings. The van der Waals surface area contributed by atoms with Gasteiger partial charge in [-0.05, 0) is 146 Å². The number of amides is 4. The van der Waals surface area contributed by atoms with E-state index in [1.807, 2.05) is 79.9 Å². The van der Waals surface area contributed by atoms with E-state index in [1.165, 1.54) is 28.5 Å². The number of aliphatic hydroxyl groups excluding tert-OH is 1. The predicted octanol–water partition coefficient (Wildman–Crippen LogP) is 9.51. The molecule has 0 bridgehead atoms. The Kier molecular flexibility index (Phi) is 19.9. The maximum Gasteiger partial charge on any atom is 0.314 e. The molecule has 0 unspecified atom stereocenters. The third-order valence-electron chi connectivity index (χ3n) is 17.4. The van der Waals surface area contributed by atoms with Crippen molar-refractivity contribution in [2.75, 3.05) is 96.4 Å². The van der Waals surface area contributed by atoms with Crippen LogP contribution in [0.4, 0.5) is 10.5 Å². The number of nitrogens with two attached hydrogens (primary N) is 1. The number of piperazine rings is 1. The van der Waals surface area contributed by atoms with E-state index in [2.05, 4.69) is 57.8 Å². The van der Waals surface area contributed by atoms with E-state index in [0.717, 1.165) is 132 Å². The number of nitrogens with zero attached hydrogens (tertiary/aromatic N) is 9. The Bertz CT molecular complexity index is 3720. The molecule has 0 radical (unpaired) electrons. The molecule has 7 N–H and O–H groups in total. The summed E-state index contributed by atoms with van der Waals surface area (Å²) in [5, 5.41) is 44.0. The lowest BCUT2D eigenvalue weighted by Gasteiger charge is -2.35. The smallest absolute Gasteiger partial charge is 0.314 e. The summed E-state index contributed by atoms with van der Waals surface area (Å²) in [6.45, 7) is 12.0. The van der Waals surface area contributed by atoms with Gasteiger partial charge in [0.15, 0.2) is 0 Å². The van der Waals surface area contributed by atoms with Crippen molar-refractivity contribution in [3.63, 3.8) is 0 Å². The van der Waals surface area contributed by atoms with Crippen LogP contribution in [0.25, 0.3) is 43.6 Å². The van der Waals surface area contributed by atoms with Crippen LogP contribution in [0.3, 0.4) is 0 Å². The van der Waals surface area contributed by atoms with Gasteiger partial charge in [0.05, 0.1) is 53.1 Å². The number of carbonyl (C=O) groups excluding carboxylic acids is 3. The zero-order valence-electron chi connectivity index (χ0n) is 48.2. The van der Waals surface area contributed by atoms with Gasteiger partial charge in [0, 0.05) is 127 Å². The number of nitrogens with one attached hydrogen (secondary N) is 4. The van der Waals surface area contributed by atoms with Crippen molar-refractivity contribution in [1.82, 2.24) is 59.8 Å². The third kappa shape index (κ3) is 14.7. The number of carbonyl (C=O) groups is 3. The summed E-state index contributed by atoms with van der Waals surface area (Å²) in [7, 11) is -3.11. The monoisotopic (exact) mass is 1240 g/mol. The summed E-state index contributed by atoms with van der Waals surface area (Å²) >= 11 is 18.5. The second-order valence-corrected chi connectivity index (χ2v) is 26.3. The summed E-state index contributed by atoms with van der Waals surface area (Å²) in [5.74, 6) is 1.87. The Balaban J connectivity index is 0.000000127. The molecule has 85 heavy (non-hydrogen) atoms. The van der Waals surface area contributed by atoms with Crippen LogP contribution >= 0.6 is 34.8 Å². The van der Waals surface area contributed by atoms with Crippen molar-refractivity contribution >= 4 is 112 Å². The number of aromatic amines is 4. The van der Waals surface area contributed by atoms with Gasteiger partial charge in [-0.2, -0.15) is 24.7 Å². The summed E-state index contributed by atoms with van der Waals surface area (Å²) < 4.78 is 30.5. The maximum atomic E-state index is 12.1. The molecule has 4 aromatic heterocycles. The number of urea groups is 1. The van der Waals surface area contributed by atoms with Gasteiger partial charge in [0.2, 0.25) is 21.8 Å². The van der Waals surface area contributed by atoms with Gasteiger partial charge >= 0.3 is 6.03 Å². The average Bonchev–Trinajstić information content (AvgIpc) is 4.06. The highest BCUT2D eigenvalue weighted by Gasteiger charge is 2.30. The fraction of sp³-hybridized carbons (Fsp3) is 0.483. The van der Waals surface area contributed by atoms with Gasteiger partial charge in [0.1, 0.15) is 6.61 Å². The summed E-state index contributed by atoms with van der Waals surface area (Å²) in [6.07, 6.45) is 16.3. The van der Waals surface area contributed by atoms with Crippen molar-refractivity contribution in [3.05, 3.63) is 111 Å². The number of fused-ring (bicyclic) bond motifs is 4. The number of piperidine rings is 3. The first-order valence-electron chi connectivity index (χ1n) is 29.3. The number of sulfonamides is 1. The number of halogens is 3. The minimum absolute atomic E-state index is 0.0771. The molecule has 0 saturated carbocycles. The molecule has 25 heteroatoms. The van der Waals surface area contributed by atoms with E-state index in [4.69, 9.17) is 50.4 Å². The van der Waals surface area contributed by atoms with Gasteiger partial charge in [-0.15, -0.1) is 0 Å². The molecule has 9 heterocycles. The fourth-order valence-corrected chi connectivity index (χ4v) is 14.2. The van der Waals surface area contributed by atoms with Crippen molar-refractivity contribution in [3.8, 4) is 0 Å². The number of ether oxygens (including phenoxy) is 1. The third-order valence-corrected chi connectivity index (χ3v) is 19.3. The van der Waals surface area contributed by atoms with E-state index in [9.17, 15) is 22.8 Å². The standard InChI is InChI=1S/C17H24N4O3S.C16H20ClN3O.C14H16ClN3O2.C13H15ClN4O/c1-25(22,23)21-6-4-20(5-7-21)17-11-14(13-2-8-24-9-3-13)10-16-15(17)12-18-19-16;1-10(2)16(21)20-5-3-11(4-6-20)13-7-12(17)8-15-14(13)9-18-19-15;15-10-5-11(12-7-16-17-13(12)6-10)9-1-3-18(4-2-9)14(20)8-19;14-9-5-10(11-7-16-17-12(11)6-9)8-1-3-18(4-2-8)13(15)19/h10-13H,2-9H2,1H3,(H,18,19);7-11H,3-6H2,1-2H3,(H,18,19);5-7,9,19H,1-4,8H2,(H,16,17);5-8H,1-4H2,(H2,15,19)(H,16,17). The zero-order chi connectivity index (χ0) is 59.9. The van der Waals surface area contributed by atoms with E-state index in [-0.39, 0.29) is 23.8 Å². The van der Waals surface area contributed by atoms with Crippen LogP contribution in [-0.4, -0.2) is 183 Å². The molecule has 5 aliphatic heterocycles. The molecule has 0 aliphatic carbocycles. The lowest BCUT2D eigenvalue weighted by Crippen LogP contribution is -2.48. The van der Waals surface area contributed by atoms with E-state index in [0.29, 0.717) is 86.1 Å². The minimum atomic E-state index is -3.11. The summed E-state index contributed by atoms with van der Waals surface area (Å²) in [6, 6.07) is 15.8. The maximum absolute atomic E-state index is 12.1. The molecule has 5 saturated heterocycles. The van der Waals surface area contributed by atoms with E-state index < -0.39 is 16.6 Å². The summed E-state index contributed by atoms with van der Waals surface area (Å²) in [4.78, 5) is 42.3. The van der Waals surface area contributed by atoms with Gasteiger partial charge in [-0.25, -0.2) is 13.2 Å². The highest BCUT2D eigenvalue weighted by molar-refractivity contribution is 7.88. The van der Waals surface area contributed by atoms with E-state index in [1.54, 1.807) is 14.1 Å². The lowest BCUT2D eigenvalue weighted by atomic mass is 9.87. The number of likely N-dealkylation sites (tertiary alicyclic amines) is 3. The van der Waals surface area contributed by atoms with Gasteiger partial charge in [0.25, 0.3) is 0 Å². The highest BCUT2D eigenvalue weighted by atomic mass is 35.5. The second-order valence-electron chi connectivity index (χ2n) is 23.1. The number of H-pyrrole nitrogens is 4. The molecule has 5 fully saturated rings. The van der Waals surface area contributed by atoms with Crippen LogP contribution in [-0.2, 0) is 24.3 Å². The van der Waals surface area contributed by atoms with Crippen LogP contribution in [0.1, 0.15) is 111 Å². The Morgan fingerprint density at radius 3 is 1.36 bits per heavy atom. The molecule has 0 spiro atoms. The molecule has 0 atom stereocenters. The number of primary amides is 1. The van der Waals surface area contributed by atoms with Gasteiger partial charge in [-0.3, -0.25) is 30.0 Å². The number of anilines is 1. The highest BCUT2D eigenvalue weighted by Crippen LogP contribution is 2.39. The second kappa shape index (κ2) is 27.4. The summed E-state index contributed by atoms with van der Waals surface area (Å²) in [5.41, 5.74) is 15.4.